The highest BCUT2D eigenvalue weighted by molar-refractivity contribution is 6.05. The monoisotopic (exact) mass is 359 g/mol. The Bertz CT molecular complexity index is 1050. The molecule has 0 saturated carbocycles. The number of allylic oxidation sites excluding steroid dienone is 1. The molecule has 1 N–H and O–H groups in total. The van der Waals surface area contributed by atoms with Crippen molar-refractivity contribution < 1.29 is 14.6 Å². The average molecular weight is 359 g/mol. The van der Waals surface area contributed by atoms with Gasteiger partial charge in [0.25, 0.3) is 0 Å². The van der Waals surface area contributed by atoms with Crippen LogP contribution >= 0.6 is 0 Å². The summed E-state index contributed by atoms with van der Waals surface area (Å²) in [6.45, 7) is 2.16. The van der Waals surface area contributed by atoms with E-state index in [1.165, 1.54) is 0 Å². The molecule has 27 heavy (non-hydrogen) atoms. The summed E-state index contributed by atoms with van der Waals surface area (Å²) in [7, 11) is 1.65. The number of nitrogens with zero attached hydrogens (tertiary/aromatic N) is 1. The lowest BCUT2D eigenvalue weighted by Crippen LogP contribution is -2.17. The molecule has 0 saturated heterocycles. The molecule has 136 valence electrons. The molecule has 1 heterocycles. The van der Waals surface area contributed by atoms with Gasteiger partial charge in [-0.2, -0.15) is 0 Å². The number of rotatable bonds is 3. The van der Waals surface area contributed by atoms with Crippen molar-refractivity contribution in [3.63, 3.8) is 0 Å². The van der Waals surface area contributed by atoms with Gasteiger partial charge in [0.1, 0.15) is 5.75 Å². The van der Waals surface area contributed by atoms with Crippen molar-refractivity contribution in [3.8, 4) is 5.75 Å². The highest BCUT2D eigenvalue weighted by atomic mass is 16.5. The highest BCUT2D eigenvalue weighted by Crippen LogP contribution is 2.38. The van der Waals surface area contributed by atoms with Crippen LogP contribution in [-0.2, 0) is 6.42 Å². The van der Waals surface area contributed by atoms with Gasteiger partial charge in [-0.3, -0.25) is 0 Å². The number of benzene rings is 2. The molecule has 1 unspecified atom stereocenters. The predicted octanol–water partition coefficient (Wildman–Crippen LogP) is 5.06. The van der Waals surface area contributed by atoms with E-state index in [1.807, 2.05) is 48.5 Å². The fourth-order valence-corrected chi connectivity index (χ4v) is 3.88. The summed E-state index contributed by atoms with van der Waals surface area (Å²) in [6.07, 6.45) is 3.72. The summed E-state index contributed by atoms with van der Waals surface area (Å²) in [5.74, 6) is 0.289. The highest BCUT2D eigenvalue weighted by Gasteiger charge is 2.27. The molecule has 0 amide bonds. The summed E-state index contributed by atoms with van der Waals surface area (Å²) in [4.78, 5) is 16.9. The first-order valence-electron chi connectivity index (χ1n) is 9.06. The number of hydrogen-bond donors (Lipinski definition) is 1. The second kappa shape index (κ2) is 6.88. The van der Waals surface area contributed by atoms with Gasteiger partial charge in [0.15, 0.2) is 0 Å². The smallest absolute Gasteiger partial charge is 0.336 e. The van der Waals surface area contributed by atoms with Gasteiger partial charge in [0.2, 0.25) is 0 Å². The Morgan fingerprint density at radius 2 is 1.89 bits per heavy atom. The Labute approximate surface area is 158 Å². The average Bonchev–Trinajstić information content (AvgIpc) is 2.66. The predicted molar refractivity (Wildman–Crippen MR) is 107 cm³/mol. The van der Waals surface area contributed by atoms with Crippen LogP contribution in [-0.4, -0.2) is 23.2 Å². The minimum absolute atomic E-state index is 0.364. The van der Waals surface area contributed by atoms with Crippen LogP contribution in [0.1, 0.15) is 40.5 Å². The van der Waals surface area contributed by atoms with Gasteiger partial charge < -0.3 is 9.84 Å². The maximum Gasteiger partial charge on any atom is 0.336 e. The Balaban J connectivity index is 1.93. The Hall–Kier alpha value is -3.14. The normalized spacial score (nSPS) is 17.7. The van der Waals surface area contributed by atoms with Crippen LogP contribution < -0.4 is 4.74 Å². The van der Waals surface area contributed by atoms with E-state index >= 15 is 0 Å². The van der Waals surface area contributed by atoms with Gasteiger partial charge in [-0.1, -0.05) is 37.3 Å². The third-order valence-corrected chi connectivity index (χ3v) is 5.09. The lowest BCUT2D eigenvalue weighted by atomic mass is 9.80. The van der Waals surface area contributed by atoms with Crippen molar-refractivity contribution in [2.75, 3.05) is 7.11 Å². The summed E-state index contributed by atoms with van der Waals surface area (Å²) in [6, 6.07) is 15.3. The number of hydrogen-bond acceptors (Lipinski definition) is 3. The molecule has 3 aromatic rings. The summed E-state index contributed by atoms with van der Waals surface area (Å²) in [5.41, 5.74) is 4.92. The van der Waals surface area contributed by atoms with Gasteiger partial charge in [-0.15, -0.1) is 0 Å². The van der Waals surface area contributed by atoms with E-state index in [4.69, 9.17) is 9.72 Å². The third kappa shape index (κ3) is 3.19. The molecule has 4 heteroatoms. The molecule has 0 spiro atoms. The SMILES string of the molecule is COc1ccc(/C=C2/CC(C)Cc3c2nc2ccccc2c3C(=O)O)cc1. The van der Waals surface area contributed by atoms with E-state index in [1.54, 1.807) is 7.11 Å². The molecule has 1 aromatic heterocycles. The van der Waals surface area contributed by atoms with Gasteiger partial charge >= 0.3 is 5.97 Å². The molecule has 0 aliphatic heterocycles. The van der Waals surface area contributed by atoms with E-state index in [-0.39, 0.29) is 0 Å². The van der Waals surface area contributed by atoms with Crippen molar-refractivity contribution in [1.29, 1.82) is 0 Å². The van der Waals surface area contributed by atoms with Crippen LogP contribution in [0.3, 0.4) is 0 Å². The zero-order chi connectivity index (χ0) is 19.0. The summed E-state index contributed by atoms with van der Waals surface area (Å²) < 4.78 is 5.22. The maximum absolute atomic E-state index is 12.1. The van der Waals surface area contributed by atoms with Crippen molar-refractivity contribution in [1.82, 2.24) is 4.98 Å². The van der Waals surface area contributed by atoms with E-state index in [0.717, 1.165) is 46.5 Å². The van der Waals surface area contributed by atoms with E-state index in [2.05, 4.69) is 13.0 Å². The quantitative estimate of drug-likeness (QED) is 0.710. The minimum atomic E-state index is -0.886. The number of pyridine rings is 1. The first-order valence-corrected chi connectivity index (χ1v) is 9.06. The number of aromatic carboxylic acids is 1. The first kappa shape index (κ1) is 17.3. The molecular formula is C23H21NO3. The van der Waals surface area contributed by atoms with Crippen molar-refractivity contribution in [2.45, 2.75) is 19.8 Å². The Morgan fingerprint density at radius 1 is 1.15 bits per heavy atom. The fraction of sp³-hybridized carbons (Fsp3) is 0.217. The zero-order valence-electron chi connectivity index (χ0n) is 15.4. The number of ether oxygens (including phenoxy) is 1. The summed E-state index contributed by atoms with van der Waals surface area (Å²) in [5, 5.41) is 10.6. The number of carboxylic acids is 1. The lowest BCUT2D eigenvalue weighted by Gasteiger charge is -2.26. The number of aromatic nitrogens is 1. The largest absolute Gasteiger partial charge is 0.497 e. The van der Waals surface area contributed by atoms with Crippen LogP contribution in [0.5, 0.6) is 5.75 Å². The Kier molecular flexibility index (Phi) is 4.40. The number of carbonyl (C=O) groups is 1. The molecule has 4 rings (SSSR count). The standard InChI is InChI=1S/C23H21NO3/c1-14-11-16(13-15-7-9-17(27-2)10-8-15)22-19(12-14)21(23(25)26)18-5-3-4-6-20(18)24-22/h3-10,13-14H,11-12H2,1-2H3,(H,25,26)/b16-13-. The second-order valence-corrected chi connectivity index (χ2v) is 7.09. The maximum atomic E-state index is 12.1. The fourth-order valence-electron chi connectivity index (χ4n) is 3.88. The van der Waals surface area contributed by atoms with Crippen LogP contribution in [0, 0.1) is 5.92 Å². The van der Waals surface area contributed by atoms with Crippen LogP contribution in [0.4, 0.5) is 0 Å². The molecular weight excluding hydrogens is 338 g/mol. The molecule has 0 radical (unpaired) electrons. The number of para-hydroxylation sites is 1. The van der Waals surface area contributed by atoms with Crippen LogP contribution in [0.25, 0.3) is 22.6 Å². The van der Waals surface area contributed by atoms with Crippen molar-refractivity contribution in [2.24, 2.45) is 5.92 Å². The summed E-state index contributed by atoms with van der Waals surface area (Å²) >= 11 is 0. The van der Waals surface area contributed by atoms with E-state index in [0.29, 0.717) is 16.9 Å². The molecule has 1 aliphatic rings. The molecule has 0 bridgehead atoms. The zero-order valence-corrected chi connectivity index (χ0v) is 15.4. The van der Waals surface area contributed by atoms with Crippen LogP contribution in [0.15, 0.2) is 48.5 Å². The van der Waals surface area contributed by atoms with Crippen LogP contribution in [0.2, 0.25) is 0 Å². The molecule has 2 aromatic carbocycles. The van der Waals surface area contributed by atoms with E-state index in [9.17, 15) is 9.90 Å². The topological polar surface area (TPSA) is 59.4 Å². The van der Waals surface area contributed by atoms with E-state index < -0.39 is 5.97 Å². The lowest BCUT2D eigenvalue weighted by molar-refractivity contribution is 0.0697. The van der Waals surface area contributed by atoms with Gasteiger partial charge in [-0.05, 0) is 59.7 Å². The Morgan fingerprint density at radius 3 is 2.59 bits per heavy atom. The van der Waals surface area contributed by atoms with Gasteiger partial charge in [0, 0.05) is 5.39 Å². The first-order chi connectivity index (χ1) is 13.1. The third-order valence-electron chi connectivity index (χ3n) is 5.09. The molecule has 4 nitrogen and oxygen atoms in total. The molecule has 1 aliphatic carbocycles. The van der Waals surface area contributed by atoms with Gasteiger partial charge in [0.05, 0.1) is 23.9 Å². The number of fused-ring (bicyclic) bond motifs is 2. The number of carboxylic acid groups (broad SMARTS) is 1. The molecule has 0 fully saturated rings. The minimum Gasteiger partial charge on any atom is -0.497 e. The molecule has 1 atom stereocenters. The van der Waals surface area contributed by atoms with Crippen molar-refractivity contribution >= 4 is 28.5 Å². The number of methoxy groups -OCH3 is 1. The van der Waals surface area contributed by atoms with Crippen molar-refractivity contribution in [3.05, 3.63) is 70.9 Å². The second-order valence-electron chi connectivity index (χ2n) is 7.09. The van der Waals surface area contributed by atoms with Gasteiger partial charge in [-0.25, -0.2) is 9.78 Å².